The lowest BCUT2D eigenvalue weighted by Crippen LogP contribution is -2.28. The van der Waals surface area contributed by atoms with Crippen molar-refractivity contribution in [2.45, 2.75) is 13.0 Å². The van der Waals surface area contributed by atoms with Crippen molar-refractivity contribution in [1.29, 1.82) is 0 Å². The van der Waals surface area contributed by atoms with Crippen molar-refractivity contribution in [2.24, 2.45) is 0 Å². The number of hydrogen-bond donors (Lipinski definition) is 1. The van der Waals surface area contributed by atoms with Crippen molar-refractivity contribution in [2.75, 3.05) is 13.6 Å². The number of halogens is 1. The number of carboxylic acids is 1. The molecule has 104 valence electrons. The molecule has 0 atom stereocenters. The molecule has 0 radical (unpaired) electrons. The van der Waals surface area contributed by atoms with Gasteiger partial charge < -0.3 is 10.0 Å². The number of fused-ring (bicyclic) bond motifs is 1. The van der Waals surface area contributed by atoms with Gasteiger partial charge in [-0.2, -0.15) is 5.10 Å². The van der Waals surface area contributed by atoms with E-state index in [-0.39, 0.29) is 5.69 Å². The Bertz CT molecular complexity index is 664. The van der Waals surface area contributed by atoms with E-state index in [9.17, 15) is 9.90 Å². The van der Waals surface area contributed by atoms with Gasteiger partial charge in [-0.25, -0.2) is 9.48 Å². The lowest BCUT2D eigenvalue weighted by atomic mass is 10.1. The molecule has 0 unspecified atom stereocenters. The number of carboxylic acid groups (broad SMARTS) is 1. The molecular formula is C14H14BrN3O2. The summed E-state index contributed by atoms with van der Waals surface area (Å²) < 4.78 is 2.75. The minimum atomic E-state index is -0.965. The molecule has 6 heteroatoms. The fourth-order valence-electron chi connectivity index (χ4n) is 2.52. The fraction of sp³-hybridized carbons (Fsp3) is 0.286. The lowest BCUT2D eigenvalue weighted by molar-refractivity contribution is 0.0687. The Kier molecular flexibility index (Phi) is 3.35. The lowest BCUT2D eigenvalue weighted by Gasteiger charge is -2.23. The zero-order chi connectivity index (χ0) is 14.3. The Morgan fingerprint density at radius 1 is 1.35 bits per heavy atom. The maximum Gasteiger partial charge on any atom is 0.356 e. The van der Waals surface area contributed by atoms with Crippen molar-refractivity contribution in [3.8, 4) is 5.69 Å². The molecule has 1 aromatic heterocycles. The second-order valence-electron chi connectivity index (χ2n) is 4.96. The molecule has 0 saturated carbocycles. The number of aromatic nitrogens is 2. The molecule has 1 aliphatic heterocycles. The summed E-state index contributed by atoms with van der Waals surface area (Å²) in [5.41, 5.74) is 2.88. The summed E-state index contributed by atoms with van der Waals surface area (Å²) in [5.74, 6) is -0.965. The van der Waals surface area contributed by atoms with Crippen LogP contribution >= 0.6 is 15.9 Å². The van der Waals surface area contributed by atoms with Crippen molar-refractivity contribution >= 4 is 21.9 Å². The van der Waals surface area contributed by atoms with Crippen LogP contribution in [0.2, 0.25) is 0 Å². The van der Waals surface area contributed by atoms with Crippen molar-refractivity contribution in [3.63, 3.8) is 0 Å². The predicted octanol–water partition coefficient (Wildman–Crippen LogP) is 2.32. The first-order chi connectivity index (χ1) is 9.56. The first-order valence-corrected chi connectivity index (χ1v) is 7.14. The predicted molar refractivity (Wildman–Crippen MR) is 78.3 cm³/mol. The van der Waals surface area contributed by atoms with Gasteiger partial charge in [0.15, 0.2) is 5.69 Å². The van der Waals surface area contributed by atoms with Crippen LogP contribution in [0.1, 0.15) is 21.7 Å². The van der Waals surface area contributed by atoms with Crippen LogP contribution in [0.25, 0.3) is 5.69 Å². The van der Waals surface area contributed by atoms with Gasteiger partial charge in [0, 0.05) is 29.5 Å². The van der Waals surface area contributed by atoms with Gasteiger partial charge in [-0.15, -0.1) is 0 Å². The molecule has 0 aliphatic carbocycles. The highest BCUT2D eigenvalue weighted by Gasteiger charge is 2.27. The third kappa shape index (κ3) is 2.25. The summed E-state index contributed by atoms with van der Waals surface area (Å²) in [7, 11) is 1.99. The fourth-order valence-corrected chi connectivity index (χ4v) is 2.79. The van der Waals surface area contributed by atoms with Gasteiger partial charge in [-0.05, 0) is 31.3 Å². The van der Waals surface area contributed by atoms with E-state index in [1.54, 1.807) is 4.68 Å². The number of aromatic carboxylic acids is 1. The summed E-state index contributed by atoms with van der Waals surface area (Å²) >= 11 is 3.40. The molecule has 2 aromatic rings. The van der Waals surface area contributed by atoms with Gasteiger partial charge in [0.2, 0.25) is 0 Å². The third-order valence-electron chi connectivity index (χ3n) is 3.52. The minimum Gasteiger partial charge on any atom is -0.476 e. The van der Waals surface area contributed by atoms with E-state index in [1.165, 1.54) is 0 Å². The van der Waals surface area contributed by atoms with E-state index < -0.39 is 5.97 Å². The molecular weight excluding hydrogens is 322 g/mol. The number of nitrogens with zero attached hydrogens (tertiary/aromatic N) is 3. The number of rotatable bonds is 2. The molecule has 0 fully saturated rings. The molecule has 0 saturated heterocycles. The van der Waals surface area contributed by atoms with Crippen LogP contribution in [0.5, 0.6) is 0 Å². The Morgan fingerprint density at radius 2 is 2.05 bits per heavy atom. The number of benzene rings is 1. The van der Waals surface area contributed by atoms with Gasteiger partial charge in [0.1, 0.15) is 0 Å². The Balaban J connectivity index is 2.14. The largest absolute Gasteiger partial charge is 0.476 e. The molecule has 2 heterocycles. The van der Waals surface area contributed by atoms with Crippen LogP contribution < -0.4 is 0 Å². The summed E-state index contributed by atoms with van der Waals surface area (Å²) in [6.45, 7) is 1.54. The summed E-state index contributed by atoms with van der Waals surface area (Å²) in [6, 6.07) is 7.72. The second kappa shape index (κ2) is 5.03. The zero-order valence-corrected chi connectivity index (χ0v) is 12.6. The van der Waals surface area contributed by atoms with E-state index in [1.807, 2.05) is 31.3 Å². The Hall–Kier alpha value is -1.66. The highest BCUT2D eigenvalue weighted by molar-refractivity contribution is 9.10. The van der Waals surface area contributed by atoms with Crippen LogP contribution in [0.15, 0.2) is 28.7 Å². The van der Waals surface area contributed by atoms with Crippen LogP contribution in [0.3, 0.4) is 0 Å². The maximum atomic E-state index is 11.4. The van der Waals surface area contributed by atoms with Crippen LogP contribution in [-0.4, -0.2) is 39.3 Å². The van der Waals surface area contributed by atoms with Crippen LogP contribution in [0, 0.1) is 0 Å². The molecule has 0 bridgehead atoms. The quantitative estimate of drug-likeness (QED) is 0.914. The van der Waals surface area contributed by atoms with E-state index in [0.717, 1.165) is 34.4 Å². The van der Waals surface area contributed by atoms with Gasteiger partial charge in [-0.3, -0.25) is 0 Å². The summed E-state index contributed by atoms with van der Waals surface area (Å²) in [6.07, 6.45) is 0.808. The first-order valence-electron chi connectivity index (χ1n) is 6.35. The summed E-state index contributed by atoms with van der Waals surface area (Å²) in [5, 5.41) is 13.6. The number of hydrogen-bond acceptors (Lipinski definition) is 3. The molecule has 1 aromatic carbocycles. The molecule has 1 aliphatic rings. The van der Waals surface area contributed by atoms with E-state index in [4.69, 9.17) is 0 Å². The standard InChI is InChI=1S/C14H14BrN3O2/c1-17-7-6-12-11(8-17)13(14(19)20)16-18(12)10-4-2-9(15)3-5-10/h2-5H,6-8H2,1H3,(H,19,20). The third-order valence-corrected chi connectivity index (χ3v) is 4.05. The highest BCUT2D eigenvalue weighted by Crippen LogP contribution is 2.25. The SMILES string of the molecule is CN1CCc2c(c(C(=O)O)nn2-c2ccc(Br)cc2)C1. The first kappa shape index (κ1) is 13.3. The zero-order valence-electron chi connectivity index (χ0n) is 11.0. The Labute approximate surface area is 124 Å². The van der Waals surface area contributed by atoms with E-state index in [0.29, 0.717) is 6.54 Å². The summed E-state index contributed by atoms with van der Waals surface area (Å²) in [4.78, 5) is 13.5. The monoisotopic (exact) mass is 335 g/mol. The minimum absolute atomic E-state index is 0.162. The van der Waals surface area contributed by atoms with Crippen LogP contribution in [0.4, 0.5) is 0 Å². The van der Waals surface area contributed by atoms with E-state index in [2.05, 4.69) is 25.9 Å². The maximum absolute atomic E-state index is 11.4. The average Bonchev–Trinajstić information content (AvgIpc) is 2.78. The van der Waals surface area contributed by atoms with E-state index >= 15 is 0 Å². The van der Waals surface area contributed by atoms with Gasteiger partial charge in [0.25, 0.3) is 0 Å². The number of likely N-dealkylation sites (N-methyl/N-ethyl adjacent to an activating group) is 1. The second-order valence-corrected chi connectivity index (χ2v) is 5.87. The van der Waals surface area contributed by atoms with Crippen LogP contribution in [-0.2, 0) is 13.0 Å². The smallest absolute Gasteiger partial charge is 0.356 e. The number of carbonyl (C=O) groups is 1. The average molecular weight is 336 g/mol. The van der Waals surface area contributed by atoms with Gasteiger partial charge >= 0.3 is 5.97 Å². The molecule has 20 heavy (non-hydrogen) atoms. The highest BCUT2D eigenvalue weighted by atomic mass is 79.9. The van der Waals surface area contributed by atoms with Crippen molar-refractivity contribution in [3.05, 3.63) is 45.7 Å². The molecule has 0 amide bonds. The molecule has 1 N–H and O–H groups in total. The molecule has 0 spiro atoms. The van der Waals surface area contributed by atoms with Crippen molar-refractivity contribution < 1.29 is 9.90 Å². The Morgan fingerprint density at radius 3 is 2.70 bits per heavy atom. The molecule has 5 nitrogen and oxygen atoms in total. The van der Waals surface area contributed by atoms with Gasteiger partial charge in [-0.1, -0.05) is 15.9 Å². The molecule has 3 rings (SSSR count). The van der Waals surface area contributed by atoms with Crippen molar-refractivity contribution in [1.82, 2.24) is 14.7 Å². The normalized spacial score (nSPS) is 15.1. The topological polar surface area (TPSA) is 58.4 Å². The van der Waals surface area contributed by atoms with Gasteiger partial charge in [0.05, 0.1) is 11.4 Å².